The molecule has 1 N–H and O–H groups in total. The fourth-order valence-electron chi connectivity index (χ4n) is 2.31. The first-order valence-corrected chi connectivity index (χ1v) is 8.04. The van der Waals surface area contributed by atoms with Gasteiger partial charge in [-0.05, 0) is 44.3 Å². The van der Waals surface area contributed by atoms with Crippen LogP contribution in [0.4, 0.5) is 0 Å². The summed E-state index contributed by atoms with van der Waals surface area (Å²) in [5, 5.41) is 4.89. The minimum Gasteiger partial charge on any atom is -0.377 e. The van der Waals surface area contributed by atoms with Gasteiger partial charge in [-0.1, -0.05) is 0 Å². The van der Waals surface area contributed by atoms with Crippen LogP contribution in [0.2, 0.25) is 0 Å². The molecule has 2 rings (SSSR count). The minimum atomic E-state index is -0.0483. The summed E-state index contributed by atoms with van der Waals surface area (Å²) in [4.78, 5) is 14.3. The molecule has 0 unspecified atom stereocenters. The van der Waals surface area contributed by atoms with Crippen molar-refractivity contribution in [3.8, 4) is 0 Å². The van der Waals surface area contributed by atoms with Gasteiger partial charge in [0.25, 0.3) is 5.91 Å². The summed E-state index contributed by atoms with van der Waals surface area (Å²) in [5.74, 6) is -0.0483. The van der Waals surface area contributed by atoms with E-state index in [9.17, 15) is 4.79 Å². The van der Waals surface area contributed by atoms with Gasteiger partial charge in [-0.2, -0.15) is 4.37 Å². The van der Waals surface area contributed by atoms with Crippen LogP contribution in [0.25, 0.3) is 0 Å². The van der Waals surface area contributed by atoms with Crippen molar-refractivity contribution in [1.82, 2.24) is 14.6 Å². The Labute approximate surface area is 124 Å². The van der Waals surface area contributed by atoms with Gasteiger partial charge >= 0.3 is 0 Å². The van der Waals surface area contributed by atoms with E-state index in [2.05, 4.69) is 28.4 Å². The van der Waals surface area contributed by atoms with Gasteiger partial charge < -0.3 is 15.0 Å². The van der Waals surface area contributed by atoms with Crippen LogP contribution in [0.3, 0.4) is 0 Å². The van der Waals surface area contributed by atoms with E-state index in [0.717, 1.165) is 39.1 Å². The smallest absolute Gasteiger partial charge is 0.271 e. The molecule has 5 nitrogen and oxygen atoms in total. The third kappa shape index (κ3) is 4.85. The van der Waals surface area contributed by atoms with Crippen molar-refractivity contribution < 1.29 is 9.53 Å². The zero-order valence-electron chi connectivity index (χ0n) is 12.2. The molecule has 1 saturated heterocycles. The fourth-order valence-corrected chi connectivity index (χ4v) is 2.82. The highest BCUT2D eigenvalue weighted by atomic mass is 32.1. The zero-order chi connectivity index (χ0) is 14.4. The van der Waals surface area contributed by atoms with Gasteiger partial charge in [0.15, 0.2) is 0 Å². The SMILES string of the molecule is CC(C)OCCN1CCC(NC(=O)c2ccsn2)CC1. The minimum absolute atomic E-state index is 0.0483. The summed E-state index contributed by atoms with van der Waals surface area (Å²) in [6, 6.07) is 2.03. The number of likely N-dealkylation sites (tertiary alicyclic amines) is 1. The van der Waals surface area contributed by atoms with Crippen LogP contribution in [0.5, 0.6) is 0 Å². The largest absolute Gasteiger partial charge is 0.377 e. The average molecular weight is 297 g/mol. The molecule has 6 heteroatoms. The lowest BCUT2D eigenvalue weighted by Crippen LogP contribution is -2.45. The maximum Gasteiger partial charge on any atom is 0.271 e. The predicted molar refractivity (Wildman–Crippen MR) is 80.1 cm³/mol. The Balaban J connectivity index is 1.65. The number of ether oxygens (including phenoxy) is 1. The van der Waals surface area contributed by atoms with E-state index in [1.807, 2.05) is 5.38 Å². The number of nitrogens with one attached hydrogen (secondary N) is 1. The molecule has 0 spiro atoms. The van der Waals surface area contributed by atoms with Gasteiger partial charge in [-0.3, -0.25) is 4.79 Å². The maximum absolute atomic E-state index is 11.9. The van der Waals surface area contributed by atoms with Crippen molar-refractivity contribution in [2.24, 2.45) is 0 Å². The van der Waals surface area contributed by atoms with Crippen LogP contribution in [0, 0.1) is 0 Å². The normalized spacial score (nSPS) is 17.6. The summed E-state index contributed by atoms with van der Waals surface area (Å²) in [6.07, 6.45) is 2.29. The fraction of sp³-hybridized carbons (Fsp3) is 0.714. The number of piperidine rings is 1. The van der Waals surface area contributed by atoms with Crippen molar-refractivity contribution >= 4 is 17.4 Å². The molecule has 2 heterocycles. The zero-order valence-corrected chi connectivity index (χ0v) is 13.0. The summed E-state index contributed by atoms with van der Waals surface area (Å²) < 4.78 is 9.62. The molecule has 1 amide bonds. The maximum atomic E-state index is 11.9. The number of hydrogen-bond acceptors (Lipinski definition) is 5. The van der Waals surface area contributed by atoms with Crippen molar-refractivity contribution in [2.75, 3.05) is 26.2 Å². The molecule has 1 fully saturated rings. The number of amides is 1. The highest BCUT2D eigenvalue weighted by molar-refractivity contribution is 7.03. The second-order valence-corrected chi connectivity index (χ2v) is 6.06. The number of carbonyl (C=O) groups is 1. The summed E-state index contributed by atoms with van der Waals surface area (Å²) in [6.45, 7) is 7.91. The molecular weight excluding hydrogens is 274 g/mol. The Morgan fingerprint density at radius 2 is 2.30 bits per heavy atom. The lowest BCUT2D eigenvalue weighted by molar-refractivity contribution is 0.0520. The third-order valence-electron chi connectivity index (χ3n) is 3.45. The predicted octanol–water partition coefficient (Wildman–Crippen LogP) is 1.76. The number of hydrogen-bond donors (Lipinski definition) is 1. The molecule has 1 aromatic rings. The molecule has 1 aliphatic heterocycles. The molecule has 1 aliphatic rings. The lowest BCUT2D eigenvalue weighted by Gasteiger charge is -2.32. The first-order chi connectivity index (χ1) is 9.65. The van der Waals surface area contributed by atoms with Crippen molar-refractivity contribution in [2.45, 2.75) is 38.8 Å². The van der Waals surface area contributed by atoms with Gasteiger partial charge in [0, 0.05) is 31.1 Å². The van der Waals surface area contributed by atoms with E-state index in [1.54, 1.807) is 6.07 Å². The molecule has 0 saturated carbocycles. The Morgan fingerprint density at radius 3 is 2.90 bits per heavy atom. The first-order valence-electron chi connectivity index (χ1n) is 7.20. The lowest BCUT2D eigenvalue weighted by atomic mass is 10.0. The number of nitrogens with zero attached hydrogens (tertiary/aromatic N) is 2. The number of carbonyl (C=O) groups excluding carboxylic acids is 1. The van der Waals surface area contributed by atoms with E-state index in [0.29, 0.717) is 11.8 Å². The average Bonchev–Trinajstić information content (AvgIpc) is 2.94. The van der Waals surface area contributed by atoms with E-state index in [4.69, 9.17) is 4.74 Å². The molecule has 0 aromatic carbocycles. The molecule has 0 atom stereocenters. The molecule has 0 radical (unpaired) electrons. The van der Waals surface area contributed by atoms with Gasteiger partial charge in [0.2, 0.25) is 0 Å². The van der Waals surface area contributed by atoms with Crippen molar-refractivity contribution in [3.05, 3.63) is 17.1 Å². The molecule has 20 heavy (non-hydrogen) atoms. The quantitative estimate of drug-likeness (QED) is 0.869. The summed E-state index contributed by atoms with van der Waals surface area (Å²) >= 11 is 1.31. The summed E-state index contributed by atoms with van der Waals surface area (Å²) in [7, 11) is 0. The standard InChI is InChI=1S/C14H23N3O2S/c1-11(2)19-9-8-17-6-3-12(4-7-17)15-14(18)13-5-10-20-16-13/h5,10-12H,3-4,6-9H2,1-2H3,(H,15,18). The Bertz CT molecular complexity index is 401. The van der Waals surface area contributed by atoms with Crippen molar-refractivity contribution in [3.63, 3.8) is 0 Å². The third-order valence-corrected chi connectivity index (χ3v) is 4.01. The van der Waals surface area contributed by atoms with E-state index in [-0.39, 0.29) is 11.9 Å². The van der Waals surface area contributed by atoms with Gasteiger partial charge in [-0.25, -0.2) is 0 Å². The van der Waals surface area contributed by atoms with Crippen LogP contribution >= 0.6 is 11.5 Å². The number of aromatic nitrogens is 1. The van der Waals surface area contributed by atoms with Crippen LogP contribution in [0.15, 0.2) is 11.4 Å². The van der Waals surface area contributed by atoms with Crippen LogP contribution < -0.4 is 5.32 Å². The molecule has 112 valence electrons. The Kier molecular flexibility index (Phi) is 5.94. The molecule has 0 aliphatic carbocycles. The van der Waals surface area contributed by atoms with Gasteiger partial charge in [0.05, 0.1) is 12.7 Å². The van der Waals surface area contributed by atoms with E-state index < -0.39 is 0 Å². The molecular formula is C14H23N3O2S. The van der Waals surface area contributed by atoms with Crippen LogP contribution in [-0.4, -0.2) is 53.6 Å². The Hall–Kier alpha value is -0.980. The van der Waals surface area contributed by atoms with Crippen LogP contribution in [0.1, 0.15) is 37.2 Å². The van der Waals surface area contributed by atoms with Gasteiger partial charge in [0.1, 0.15) is 5.69 Å². The van der Waals surface area contributed by atoms with Crippen molar-refractivity contribution in [1.29, 1.82) is 0 Å². The molecule has 1 aromatic heterocycles. The number of rotatable bonds is 6. The topological polar surface area (TPSA) is 54.5 Å². The second kappa shape index (κ2) is 7.71. The summed E-state index contributed by atoms with van der Waals surface area (Å²) in [5.41, 5.74) is 0.530. The highest BCUT2D eigenvalue weighted by Crippen LogP contribution is 2.11. The van der Waals surface area contributed by atoms with E-state index in [1.165, 1.54) is 11.5 Å². The monoisotopic (exact) mass is 297 g/mol. The first kappa shape index (κ1) is 15.4. The Morgan fingerprint density at radius 1 is 1.55 bits per heavy atom. The highest BCUT2D eigenvalue weighted by Gasteiger charge is 2.21. The second-order valence-electron chi connectivity index (χ2n) is 5.39. The van der Waals surface area contributed by atoms with E-state index >= 15 is 0 Å². The molecule has 0 bridgehead atoms. The van der Waals surface area contributed by atoms with Crippen LogP contribution in [-0.2, 0) is 4.74 Å². The van der Waals surface area contributed by atoms with Gasteiger partial charge in [-0.15, -0.1) is 0 Å².